The molecule has 0 aliphatic rings. The van der Waals surface area contributed by atoms with E-state index in [-0.39, 0.29) is 11.7 Å². The van der Waals surface area contributed by atoms with Gasteiger partial charge in [-0.1, -0.05) is 24.3 Å². The molecule has 7 nitrogen and oxygen atoms in total. The van der Waals surface area contributed by atoms with Crippen LogP contribution in [0.25, 0.3) is 0 Å². The van der Waals surface area contributed by atoms with Gasteiger partial charge in [-0.05, 0) is 30.7 Å². The van der Waals surface area contributed by atoms with Crippen LogP contribution in [0.3, 0.4) is 0 Å². The Kier molecular flexibility index (Phi) is 5.51. The van der Waals surface area contributed by atoms with Crippen molar-refractivity contribution in [1.82, 2.24) is 5.32 Å². The number of urea groups is 1. The number of carbonyl (C=O) groups excluding carboxylic acids is 1. The highest BCUT2D eigenvalue weighted by atomic mass is 16.6. The molecule has 0 unspecified atom stereocenters. The van der Waals surface area contributed by atoms with Crippen molar-refractivity contribution in [2.24, 2.45) is 0 Å². The Morgan fingerprint density at radius 3 is 2.65 bits per heavy atom. The fourth-order valence-electron chi connectivity index (χ4n) is 2.05. The summed E-state index contributed by atoms with van der Waals surface area (Å²) in [5.74, 6) is 0. The predicted octanol–water partition coefficient (Wildman–Crippen LogP) is 3.14. The largest absolute Gasteiger partial charge is 0.378 e. The van der Waals surface area contributed by atoms with E-state index in [9.17, 15) is 14.9 Å². The molecule has 2 aromatic rings. The quantitative estimate of drug-likeness (QED) is 0.433. The van der Waals surface area contributed by atoms with Crippen LogP contribution >= 0.6 is 0 Å². The maximum atomic E-state index is 11.8. The molecule has 120 valence electrons. The zero-order valence-corrected chi connectivity index (χ0v) is 12.7. The molecule has 2 amide bonds. The molecular weight excluding hydrogens is 296 g/mol. The van der Waals surface area contributed by atoms with Gasteiger partial charge in [0, 0.05) is 24.8 Å². The van der Waals surface area contributed by atoms with E-state index in [4.69, 9.17) is 0 Å². The summed E-state index contributed by atoms with van der Waals surface area (Å²) in [5.41, 5.74) is 2.21. The van der Waals surface area contributed by atoms with Crippen molar-refractivity contribution in [3.63, 3.8) is 0 Å². The molecule has 7 heteroatoms. The topological polar surface area (TPSA) is 96.3 Å². The lowest BCUT2D eigenvalue weighted by Crippen LogP contribution is -2.32. The molecule has 0 bridgehead atoms. The molecular formula is C16H18N4O3. The fraction of sp³-hybridized carbons (Fsp3) is 0.188. The van der Waals surface area contributed by atoms with Gasteiger partial charge in [-0.3, -0.25) is 10.1 Å². The Balaban J connectivity index is 1.77. The van der Waals surface area contributed by atoms with Crippen molar-refractivity contribution in [3.8, 4) is 0 Å². The maximum absolute atomic E-state index is 11.8. The number of rotatable bonds is 6. The summed E-state index contributed by atoms with van der Waals surface area (Å²) in [7, 11) is 0. The summed E-state index contributed by atoms with van der Waals surface area (Å²) >= 11 is 0. The van der Waals surface area contributed by atoms with E-state index in [1.807, 2.05) is 25.1 Å². The van der Waals surface area contributed by atoms with Gasteiger partial charge in [0.15, 0.2) is 0 Å². The van der Waals surface area contributed by atoms with E-state index >= 15 is 0 Å². The van der Waals surface area contributed by atoms with Crippen LogP contribution in [-0.2, 0) is 0 Å². The first-order valence-corrected chi connectivity index (χ1v) is 7.15. The minimum Gasteiger partial charge on any atom is -0.378 e. The summed E-state index contributed by atoms with van der Waals surface area (Å²) in [6, 6.07) is 13.5. The maximum Gasteiger partial charge on any atom is 0.319 e. The molecule has 0 heterocycles. The number of para-hydroxylation sites is 2. The Morgan fingerprint density at radius 1 is 1.13 bits per heavy atom. The number of nitrogens with zero attached hydrogens (tertiary/aromatic N) is 1. The Labute approximate surface area is 133 Å². The van der Waals surface area contributed by atoms with Gasteiger partial charge in [0.25, 0.3) is 5.69 Å². The SMILES string of the molecule is Cc1cccc(NC(=O)NCCNc2ccccc2[N+](=O)[O-])c1. The molecule has 23 heavy (non-hydrogen) atoms. The molecule has 0 aliphatic carbocycles. The Bertz CT molecular complexity index is 703. The average Bonchev–Trinajstić information content (AvgIpc) is 2.52. The van der Waals surface area contributed by atoms with E-state index in [2.05, 4.69) is 16.0 Å². The van der Waals surface area contributed by atoms with Crippen LogP contribution in [0.15, 0.2) is 48.5 Å². The van der Waals surface area contributed by atoms with Crippen LogP contribution < -0.4 is 16.0 Å². The molecule has 2 rings (SSSR count). The number of carbonyl (C=O) groups is 1. The third-order valence-corrected chi connectivity index (χ3v) is 3.10. The van der Waals surface area contributed by atoms with Crippen LogP contribution in [0.5, 0.6) is 0 Å². The van der Waals surface area contributed by atoms with Crippen molar-refractivity contribution in [2.45, 2.75) is 6.92 Å². The summed E-state index contributed by atoms with van der Waals surface area (Å²) in [4.78, 5) is 22.2. The first-order chi connectivity index (χ1) is 11.1. The molecule has 0 aliphatic heterocycles. The van der Waals surface area contributed by atoms with E-state index < -0.39 is 4.92 Å². The van der Waals surface area contributed by atoms with Crippen molar-refractivity contribution in [2.75, 3.05) is 23.7 Å². The normalized spacial score (nSPS) is 9.96. The molecule has 0 atom stereocenters. The highest BCUT2D eigenvalue weighted by Crippen LogP contribution is 2.22. The monoisotopic (exact) mass is 314 g/mol. The number of benzene rings is 2. The third kappa shape index (κ3) is 4.99. The van der Waals surface area contributed by atoms with E-state index in [1.54, 1.807) is 24.3 Å². The molecule has 0 aromatic heterocycles. The smallest absolute Gasteiger partial charge is 0.319 e. The molecule has 0 radical (unpaired) electrons. The molecule has 0 saturated heterocycles. The second-order valence-corrected chi connectivity index (χ2v) is 4.95. The molecule has 0 saturated carbocycles. The van der Waals surface area contributed by atoms with Gasteiger partial charge in [0.05, 0.1) is 4.92 Å². The summed E-state index contributed by atoms with van der Waals surface area (Å²) < 4.78 is 0. The van der Waals surface area contributed by atoms with Crippen molar-refractivity contribution in [1.29, 1.82) is 0 Å². The lowest BCUT2D eigenvalue weighted by molar-refractivity contribution is -0.384. The lowest BCUT2D eigenvalue weighted by Gasteiger charge is -2.10. The second-order valence-electron chi connectivity index (χ2n) is 4.95. The van der Waals surface area contributed by atoms with E-state index in [0.717, 1.165) is 5.56 Å². The first kappa shape index (κ1) is 16.3. The summed E-state index contributed by atoms with van der Waals surface area (Å²) in [5, 5.41) is 19.2. The van der Waals surface area contributed by atoms with Gasteiger partial charge in [0.2, 0.25) is 0 Å². The van der Waals surface area contributed by atoms with E-state index in [1.165, 1.54) is 6.07 Å². The number of nitro groups is 1. The highest BCUT2D eigenvalue weighted by Gasteiger charge is 2.11. The van der Waals surface area contributed by atoms with Crippen LogP contribution in [0.4, 0.5) is 21.9 Å². The van der Waals surface area contributed by atoms with Crippen LogP contribution in [-0.4, -0.2) is 24.0 Å². The first-order valence-electron chi connectivity index (χ1n) is 7.15. The Hall–Kier alpha value is -3.09. The molecule has 0 fully saturated rings. The fourth-order valence-corrected chi connectivity index (χ4v) is 2.05. The van der Waals surface area contributed by atoms with Gasteiger partial charge in [-0.25, -0.2) is 4.79 Å². The van der Waals surface area contributed by atoms with Crippen molar-refractivity contribution in [3.05, 3.63) is 64.2 Å². The van der Waals surface area contributed by atoms with Gasteiger partial charge < -0.3 is 16.0 Å². The molecule has 3 N–H and O–H groups in total. The minimum atomic E-state index is -0.444. The van der Waals surface area contributed by atoms with Gasteiger partial charge in [-0.2, -0.15) is 0 Å². The van der Waals surface area contributed by atoms with E-state index in [0.29, 0.717) is 24.5 Å². The minimum absolute atomic E-state index is 0.0108. The molecule has 2 aromatic carbocycles. The van der Waals surface area contributed by atoms with Gasteiger partial charge in [0.1, 0.15) is 5.69 Å². The summed E-state index contributed by atoms with van der Waals surface area (Å²) in [6.07, 6.45) is 0. The highest BCUT2D eigenvalue weighted by molar-refractivity contribution is 5.89. The van der Waals surface area contributed by atoms with Crippen LogP contribution in [0, 0.1) is 17.0 Å². The van der Waals surface area contributed by atoms with Gasteiger partial charge >= 0.3 is 6.03 Å². The van der Waals surface area contributed by atoms with Crippen molar-refractivity contribution < 1.29 is 9.72 Å². The number of amides is 2. The summed E-state index contributed by atoms with van der Waals surface area (Å²) in [6.45, 7) is 2.66. The second kappa shape index (κ2) is 7.79. The number of aryl methyl sites for hydroxylation is 1. The third-order valence-electron chi connectivity index (χ3n) is 3.10. The predicted molar refractivity (Wildman–Crippen MR) is 89.8 cm³/mol. The Morgan fingerprint density at radius 2 is 1.91 bits per heavy atom. The average molecular weight is 314 g/mol. The zero-order chi connectivity index (χ0) is 16.7. The number of hydrogen-bond acceptors (Lipinski definition) is 4. The molecule has 0 spiro atoms. The standard InChI is InChI=1S/C16H18N4O3/c1-12-5-4-6-13(11-12)19-16(21)18-10-9-17-14-7-2-3-8-15(14)20(22)23/h2-8,11,17H,9-10H2,1H3,(H2,18,19,21). The number of anilines is 2. The zero-order valence-electron chi connectivity index (χ0n) is 12.7. The number of hydrogen-bond donors (Lipinski definition) is 3. The number of nitro benzene ring substituents is 1. The van der Waals surface area contributed by atoms with Gasteiger partial charge in [-0.15, -0.1) is 0 Å². The lowest BCUT2D eigenvalue weighted by atomic mass is 10.2. The van der Waals surface area contributed by atoms with Crippen LogP contribution in [0.1, 0.15) is 5.56 Å². The van der Waals surface area contributed by atoms with Crippen LogP contribution in [0.2, 0.25) is 0 Å². The van der Waals surface area contributed by atoms with Crippen molar-refractivity contribution >= 4 is 23.1 Å². The number of nitrogens with one attached hydrogen (secondary N) is 3.